The maximum absolute atomic E-state index is 12.0. The van der Waals surface area contributed by atoms with Gasteiger partial charge in [0.1, 0.15) is 0 Å². The molecule has 0 saturated heterocycles. The van der Waals surface area contributed by atoms with E-state index in [0.29, 0.717) is 10.0 Å². The van der Waals surface area contributed by atoms with E-state index < -0.39 is 11.2 Å². The summed E-state index contributed by atoms with van der Waals surface area (Å²) < 4.78 is 6.98. The molecule has 2 heterocycles. The number of nitrogens with one attached hydrogen (secondary N) is 2. The summed E-state index contributed by atoms with van der Waals surface area (Å²) in [4.78, 5) is 37.2. The number of rotatable bonds is 4. The molecule has 3 rings (SSSR count). The number of aromatic nitrogens is 5. The number of ether oxygens (including phenoxy) is 1. The van der Waals surface area contributed by atoms with Crippen LogP contribution in [0, 0.1) is 0 Å². The molecule has 0 spiro atoms. The lowest BCUT2D eigenvalue weighted by Gasteiger charge is -2.12. The predicted octanol–water partition coefficient (Wildman–Crippen LogP) is 1.92. The Hall–Kier alpha value is -2.92. The molecule has 12 heteroatoms. The second kappa shape index (κ2) is 7.60. The lowest BCUT2D eigenvalue weighted by atomic mass is 10.1. The van der Waals surface area contributed by atoms with Crippen LogP contribution in [0.2, 0.25) is 5.02 Å². The molecular weight excluding hydrogens is 456 g/mol. The first-order valence-electron chi connectivity index (χ1n) is 7.93. The molecule has 0 aliphatic heterocycles. The van der Waals surface area contributed by atoms with Crippen molar-refractivity contribution in [2.45, 2.75) is 19.8 Å². The van der Waals surface area contributed by atoms with Crippen molar-refractivity contribution in [3.05, 3.63) is 64.4 Å². The lowest BCUT2D eigenvalue weighted by molar-refractivity contribution is 0.449. The molecule has 0 aliphatic rings. The molecule has 0 saturated carbocycles. The van der Waals surface area contributed by atoms with Crippen LogP contribution in [-0.2, 0) is 0 Å². The van der Waals surface area contributed by atoms with Crippen molar-refractivity contribution in [3.8, 4) is 17.3 Å². The summed E-state index contributed by atoms with van der Waals surface area (Å²) in [5.74, 6) is -0.0443. The second-order valence-corrected chi connectivity index (χ2v) is 7.30. The highest BCUT2D eigenvalue weighted by atomic mass is 79.9. The monoisotopic (exact) mass is 468 g/mol. The third-order valence-corrected chi connectivity index (χ3v) is 4.59. The molecule has 10 nitrogen and oxygen atoms in total. The number of halogens is 2. The SMILES string of the molecule is CC(C)c1cc(Oc2c(Cl)cc(-n3nc(N)c(=O)[nH]c3=O)cc2Br)n[nH]c1=O. The Bertz CT molecular complexity index is 1210. The lowest BCUT2D eigenvalue weighted by Crippen LogP contribution is -2.33. The van der Waals surface area contributed by atoms with Crippen molar-refractivity contribution in [2.75, 3.05) is 5.73 Å². The van der Waals surface area contributed by atoms with Crippen LogP contribution in [0.1, 0.15) is 25.3 Å². The summed E-state index contributed by atoms with van der Waals surface area (Å²) in [5, 5.41) is 10.1. The zero-order valence-corrected chi connectivity index (χ0v) is 17.0. The number of anilines is 1. The predicted molar refractivity (Wildman–Crippen MR) is 107 cm³/mol. The zero-order valence-electron chi connectivity index (χ0n) is 14.6. The fourth-order valence-electron chi connectivity index (χ4n) is 2.34. The van der Waals surface area contributed by atoms with Crippen LogP contribution in [0.25, 0.3) is 5.69 Å². The molecule has 0 aliphatic carbocycles. The number of aromatic amines is 2. The first kappa shape index (κ1) is 19.8. The Morgan fingerprint density at radius 2 is 1.93 bits per heavy atom. The molecule has 0 radical (unpaired) electrons. The van der Waals surface area contributed by atoms with Gasteiger partial charge in [-0.2, -0.15) is 4.68 Å². The van der Waals surface area contributed by atoms with Crippen molar-refractivity contribution in [2.24, 2.45) is 0 Å². The summed E-state index contributed by atoms with van der Waals surface area (Å²) in [6.07, 6.45) is 0. The summed E-state index contributed by atoms with van der Waals surface area (Å²) in [7, 11) is 0. The molecule has 0 fully saturated rings. The summed E-state index contributed by atoms with van der Waals surface area (Å²) in [6, 6.07) is 4.43. The van der Waals surface area contributed by atoms with Gasteiger partial charge in [0.2, 0.25) is 11.7 Å². The van der Waals surface area contributed by atoms with E-state index in [0.717, 1.165) is 4.68 Å². The van der Waals surface area contributed by atoms with Crippen LogP contribution in [0.3, 0.4) is 0 Å². The van der Waals surface area contributed by atoms with E-state index in [4.69, 9.17) is 22.1 Å². The minimum Gasteiger partial charge on any atom is -0.435 e. The Balaban J connectivity index is 2.03. The van der Waals surface area contributed by atoms with Crippen LogP contribution in [0.5, 0.6) is 11.6 Å². The van der Waals surface area contributed by atoms with Gasteiger partial charge in [-0.1, -0.05) is 25.4 Å². The van der Waals surface area contributed by atoms with Crippen LogP contribution >= 0.6 is 27.5 Å². The fourth-order valence-corrected chi connectivity index (χ4v) is 3.24. The minimum absolute atomic E-state index is 0.0287. The number of hydrogen-bond donors (Lipinski definition) is 3. The Morgan fingerprint density at radius 1 is 1.21 bits per heavy atom. The molecule has 4 N–H and O–H groups in total. The van der Waals surface area contributed by atoms with E-state index in [1.54, 1.807) is 0 Å². The van der Waals surface area contributed by atoms with Gasteiger partial charge in [-0.3, -0.25) is 14.6 Å². The van der Waals surface area contributed by atoms with Gasteiger partial charge in [0, 0.05) is 11.6 Å². The zero-order chi connectivity index (χ0) is 20.6. The third-order valence-electron chi connectivity index (χ3n) is 3.72. The van der Waals surface area contributed by atoms with Crippen molar-refractivity contribution < 1.29 is 4.74 Å². The maximum atomic E-state index is 12.0. The highest BCUT2D eigenvalue weighted by Gasteiger charge is 2.16. The van der Waals surface area contributed by atoms with E-state index in [1.807, 2.05) is 13.8 Å². The number of hydrogen-bond acceptors (Lipinski definition) is 7. The molecule has 146 valence electrons. The van der Waals surface area contributed by atoms with Crippen LogP contribution < -0.4 is 27.3 Å². The van der Waals surface area contributed by atoms with E-state index in [2.05, 4.69) is 36.2 Å². The van der Waals surface area contributed by atoms with Gasteiger partial charge >= 0.3 is 5.69 Å². The molecule has 28 heavy (non-hydrogen) atoms. The maximum Gasteiger partial charge on any atom is 0.349 e. The average molecular weight is 470 g/mol. The Morgan fingerprint density at radius 3 is 2.57 bits per heavy atom. The van der Waals surface area contributed by atoms with Crippen molar-refractivity contribution >= 4 is 33.3 Å². The van der Waals surface area contributed by atoms with Gasteiger partial charge in [0.05, 0.1) is 15.2 Å². The fraction of sp³-hybridized carbons (Fsp3) is 0.188. The van der Waals surface area contributed by atoms with Gasteiger partial charge in [0.25, 0.3) is 11.1 Å². The smallest absolute Gasteiger partial charge is 0.349 e. The number of H-pyrrole nitrogens is 2. The van der Waals surface area contributed by atoms with Gasteiger partial charge in [-0.05, 0) is 34.0 Å². The van der Waals surface area contributed by atoms with Crippen LogP contribution in [0.4, 0.5) is 5.82 Å². The summed E-state index contributed by atoms with van der Waals surface area (Å²) in [5.41, 5.74) is 4.36. The number of benzene rings is 1. The average Bonchev–Trinajstić information content (AvgIpc) is 2.62. The molecule has 0 amide bonds. The van der Waals surface area contributed by atoms with Gasteiger partial charge in [-0.15, -0.1) is 10.2 Å². The molecule has 0 bridgehead atoms. The standard InChI is InChI=1S/C16H14BrClN6O4/c1-6(2)8-5-11(21-22-14(8)25)28-12-9(17)3-7(4-10(12)18)24-16(27)20-15(26)13(19)23-24/h3-6H,1-2H3,(H2,19,23)(H,22,25)(H,20,26,27). The Labute approximate surface area is 170 Å². The molecule has 3 aromatic rings. The van der Waals surface area contributed by atoms with Crippen LogP contribution in [-0.4, -0.2) is 25.0 Å². The first-order chi connectivity index (χ1) is 13.2. The molecular formula is C16H14BrClN6O4. The highest BCUT2D eigenvalue weighted by molar-refractivity contribution is 9.10. The van der Waals surface area contributed by atoms with Crippen molar-refractivity contribution in [3.63, 3.8) is 0 Å². The van der Waals surface area contributed by atoms with Crippen molar-refractivity contribution in [1.29, 1.82) is 0 Å². The first-order valence-corrected chi connectivity index (χ1v) is 9.10. The summed E-state index contributed by atoms with van der Waals surface area (Å²) in [6.45, 7) is 3.74. The van der Waals surface area contributed by atoms with Gasteiger partial charge in [-0.25, -0.2) is 9.89 Å². The van der Waals surface area contributed by atoms with Gasteiger partial charge < -0.3 is 10.5 Å². The molecule has 0 unspecified atom stereocenters. The molecule has 2 aromatic heterocycles. The van der Waals surface area contributed by atoms with E-state index in [1.165, 1.54) is 18.2 Å². The second-order valence-electron chi connectivity index (χ2n) is 6.04. The number of nitrogens with zero attached hydrogens (tertiary/aromatic N) is 3. The highest BCUT2D eigenvalue weighted by Crippen LogP contribution is 2.37. The van der Waals surface area contributed by atoms with Crippen LogP contribution in [0.15, 0.2) is 37.1 Å². The molecule has 1 aromatic carbocycles. The number of nitrogen functional groups attached to an aromatic ring is 1. The summed E-state index contributed by atoms with van der Waals surface area (Å²) >= 11 is 9.61. The van der Waals surface area contributed by atoms with Gasteiger partial charge in [0.15, 0.2) is 5.75 Å². The largest absolute Gasteiger partial charge is 0.435 e. The van der Waals surface area contributed by atoms with E-state index in [9.17, 15) is 14.4 Å². The van der Waals surface area contributed by atoms with E-state index >= 15 is 0 Å². The van der Waals surface area contributed by atoms with Crippen molar-refractivity contribution in [1.82, 2.24) is 25.0 Å². The number of nitrogens with two attached hydrogens (primary N) is 1. The normalized spacial score (nSPS) is 11.0. The minimum atomic E-state index is -0.781. The quantitative estimate of drug-likeness (QED) is 0.528. The molecule has 0 atom stereocenters. The topological polar surface area (TPSA) is 149 Å². The van der Waals surface area contributed by atoms with E-state index in [-0.39, 0.29) is 39.6 Å². The Kier molecular flexibility index (Phi) is 5.38. The third kappa shape index (κ3) is 3.85.